The zero-order valence-electron chi connectivity index (χ0n) is 9.17. The van der Waals surface area contributed by atoms with Gasteiger partial charge < -0.3 is 5.73 Å². The first-order valence-electron chi connectivity index (χ1n) is 5.20. The molecule has 88 valence electrons. The van der Waals surface area contributed by atoms with E-state index in [0.717, 1.165) is 0 Å². The molecule has 0 heterocycles. The van der Waals surface area contributed by atoms with E-state index >= 15 is 0 Å². The second kappa shape index (κ2) is 5.97. The predicted octanol–water partition coefficient (Wildman–Crippen LogP) is 2.72. The van der Waals surface area contributed by atoms with E-state index in [1.807, 2.05) is 6.92 Å². The first-order valence-corrected chi connectivity index (χ1v) is 5.58. The van der Waals surface area contributed by atoms with Crippen molar-refractivity contribution < 1.29 is 9.18 Å². The van der Waals surface area contributed by atoms with Crippen molar-refractivity contribution in [3.63, 3.8) is 0 Å². The molecule has 0 spiro atoms. The topological polar surface area (TPSA) is 43.1 Å². The standard InChI is InChI=1S/C12H15ClFNO/c1-8(15)2-4-10(16)6-9-3-5-11(13)12(14)7-9/h3,5,7-8H,2,4,6,15H2,1H3. The molecular formula is C12H15ClFNO. The minimum Gasteiger partial charge on any atom is -0.328 e. The van der Waals surface area contributed by atoms with Gasteiger partial charge in [0.1, 0.15) is 11.6 Å². The summed E-state index contributed by atoms with van der Waals surface area (Å²) < 4.78 is 13.1. The number of carbonyl (C=O) groups excluding carboxylic acids is 1. The fourth-order valence-electron chi connectivity index (χ4n) is 1.35. The van der Waals surface area contributed by atoms with E-state index in [4.69, 9.17) is 17.3 Å². The van der Waals surface area contributed by atoms with Gasteiger partial charge in [0.05, 0.1) is 5.02 Å². The van der Waals surface area contributed by atoms with Crippen LogP contribution in [-0.2, 0) is 11.2 Å². The molecule has 2 nitrogen and oxygen atoms in total. The van der Waals surface area contributed by atoms with Crippen molar-refractivity contribution in [2.24, 2.45) is 5.73 Å². The quantitative estimate of drug-likeness (QED) is 0.864. The SMILES string of the molecule is CC(N)CCC(=O)Cc1ccc(Cl)c(F)c1. The lowest BCUT2D eigenvalue weighted by Gasteiger charge is -2.04. The molecule has 0 fully saturated rings. The lowest BCUT2D eigenvalue weighted by Crippen LogP contribution is -2.17. The summed E-state index contributed by atoms with van der Waals surface area (Å²) >= 11 is 5.54. The summed E-state index contributed by atoms with van der Waals surface area (Å²) in [6.07, 6.45) is 1.33. The van der Waals surface area contributed by atoms with Crippen molar-refractivity contribution in [2.45, 2.75) is 32.2 Å². The normalized spacial score (nSPS) is 12.5. The summed E-state index contributed by atoms with van der Waals surface area (Å²) in [5.74, 6) is -0.418. The number of halogens is 2. The highest BCUT2D eigenvalue weighted by Crippen LogP contribution is 2.16. The average molecular weight is 244 g/mol. The number of benzene rings is 1. The Morgan fingerprint density at radius 2 is 2.25 bits per heavy atom. The Labute approximate surface area is 99.6 Å². The maximum Gasteiger partial charge on any atom is 0.142 e. The van der Waals surface area contributed by atoms with Crippen molar-refractivity contribution >= 4 is 17.4 Å². The number of ketones is 1. The van der Waals surface area contributed by atoms with E-state index in [-0.39, 0.29) is 23.3 Å². The molecule has 0 aliphatic heterocycles. The minimum atomic E-state index is -0.487. The fraction of sp³-hybridized carbons (Fsp3) is 0.417. The zero-order valence-corrected chi connectivity index (χ0v) is 9.93. The Morgan fingerprint density at radius 3 is 2.81 bits per heavy atom. The van der Waals surface area contributed by atoms with Gasteiger partial charge in [-0.15, -0.1) is 0 Å². The predicted molar refractivity (Wildman–Crippen MR) is 63.0 cm³/mol. The van der Waals surface area contributed by atoms with E-state index in [1.54, 1.807) is 6.07 Å². The molecule has 0 saturated carbocycles. The van der Waals surface area contributed by atoms with Crippen LogP contribution in [0.5, 0.6) is 0 Å². The van der Waals surface area contributed by atoms with Crippen LogP contribution < -0.4 is 5.73 Å². The minimum absolute atomic E-state index is 0.0194. The largest absolute Gasteiger partial charge is 0.328 e. The Bertz CT molecular complexity index is 379. The molecule has 4 heteroatoms. The van der Waals surface area contributed by atoms with Crippen LogP contribution in [0.1, 0.15) is 25.3 Å². The van der Waals surface area contributed by atoms with Gasteiger partial charge in [-0.25, -0.2) is 4.39 Å². The third-order valence-electron chi connectivity index (χ3n) is 2.26. The van der Waals surface area contributed by atoms with Gasteiger partial charge in [0.25, 0.3) is 0 Å². The first kappa shape index (κ1) is 13.1. The summed E-state index contributed by atoms with van der Waals surface area (Å²) in [5.41, 5.74) is 6.20. The van der Waals surface area contributed by atoms with Crippen LogP contribution in [0.15, 0.2) is 18.2 Å². The molecule has 1 aromatic carbocycles. The maximum atomic E-state index is 13.1. The van der Waals surface area contributed by atoms with Crippen molar-refractivity contribution in [1.82, 2.24) is 0 Å². The highest BCUT2D eigenvalue weighted by atomic mass is 35.5. The lowest BCUT2D eigenvalue weighted by atomic mass is 10.0. The Balaban J connectivity index is 2.53. The van der Waals surface area contributed by atoms with Gasteiger partial charge in [0, 0.05) is 18.9 Å². The Kier molecular flexibility index (Phi) is 4.90. The first-order chi connectivity index (χ1) is 7.49. The molecule has 16 heavy (non-hydrogen) atoms. The molecule has 2 N–H and O–H groups in total. The second-order valence-corrected chi connectivity index (χ2v) is 4.39. The van der Waals surface area contributed by atoms with E-state index in [1.165, 1.54) is 12.1 Å². The second-order valence-electron chi connectivity index (χ2n) is 3.98. The molecule has 0 aliphatic carbocycles. The van der Waals surface area contributed by atoms with Gasteiger partial charge in [-0.2, -0.15) is 0 Å². The Morgan fingerprint density at radius 1 is 1.56 bits per heavy atom. The monoisotopic (exact) mass is 243 g/mol. The summed E-state index contributed by atoms with van der Waals surface area (Å²) in [6, 6.07) is 4.44. The molecule has 0 amide bonds. The average Bonchev–Trinajstić information content (AvgIpc) is 2.21. The molecule has 1 unspecified atom stereocenters. The molecule has 1 rings (SSSR count). The van der Waals surface area contributed by atoms with E-state index in [2.05, 4.69) is 0 Å². The molecular weight excluding hydrogens is 229 g/mol. The highest BCUT2D eigenvalue weighted by molar-refractivity contribution is 6.30. The molecule has 1 atom stereocenters. The molecule has 0 aromatic heterocycles. The number of hydrogen-bond donors (Lipinski definition) is 1. The van der Waals surface area contributed by atoms with Crippen molar-refractivity contribution in [3.05, 3.63) is 34.6 Å². The fourth-order valence-corrected chi connectivity index (χ4v) is 1.47. The number of carbonyl (C=O) groups is 1. The maximum absolute atomic E-state index is 13.1. The van der Waals surface area contributed by atoms with Crippen LogP contribution in [-0.4, -0.2) is 11.8 Å². The number of nitrogens with two attached hydrogens (primary N) is 1. The smallest absolute Gasteiger partial charge is 0.142 e. The number of hydrogen-bond acceptors (Lipinski definition) is 2. The summed E-state index contributed by atoms with van der Waals surface area (Å²) in [7, 11) is 0. The van der Waals surface area contributed by atoms with Crippen molar-refractivity contribution in [1.29, 1.82) is 0 Å². The third kappa shape index (κ3) is 4.29. The molecule has 0 radical (unpaired) electrons. The van der Waals surface area contributed by atoms with Crippen LogP contribution in [0, 0.1) is 5.82 Å². The molecule has 0 bridgehead atoms. The van der Waals surface area contributed by atoms with Gasteiger partial charge >= 0.3 is 0 Å². The van der Waals surface area contributed by atoms with E-state index in [9.17, 15) is 9.18 Å². The van der Waals surface area contributed by atoms with Gasteiger partial charge in [-0.05, 0) is 31.0 Å². The Hall–Kier alpha value is -0.930. The van der Waals surface area contributed by atoms with Gasteiger partial charge in [0.2, 0.25) is 0 Å². The van der Waals surface area contributed by atoms with Gasteiger partial charge in [-0.3, -0.25) is 4.79 Å². The summed E-state index contributed by atoms with van der Waals surface area (Å²) in [5, 5.41) is 0.0757. The highest BCUT2D eigenvalue weighted by Gasteiger charge is 2.07. The van der Waals surface area contributed by atoms with Gasteiger partial charge in [0.15, 0.2) is 0 Å². The number of rotatable bonds is 5. The van der Waals surface area contributed by atoms with Crippen LogP contribution in [0.3, 0.4) is 0 Å². The van der Waals surface area contributed by atoms with Crippen LogP contribution in [0.25, 0.3) is 0 Å². The van der Waals surface area contributed by atoms with Crippen molar-refractivity contribution in [3.8, 4) is 0 Å². The summed E-state index contributed by atoms with van der Waals surface area (Å²) in [4.78, 5) is 11.5. The molecule has 0 aliphatic rings. The lowest BCUT2D eigenvalue weighted by molar-refractivity contribution is -0.118. The summed E-state index contributed by atoms with van der Waals surface area (Å²) in [6.45, 7) is 1.86. The van der Waals surface area contributed by atoms with Crippen LogP contribution >= 0.6 is 11.6 Å². The van der Waals surface area contributed by atoms with Gasteiger partial charge in [-0.1, -0.05) is 17.7 Å². The number of Topliss-reactive ketones (excluding diaryl/α,β-unsaturated/α-hetero) is 1. The molecule has 1 aromatic rings. The van der Waals surface area contributed by atoms with Crippen LogP contribution in [0.2, 0.25) is 5.02 Å². The van der Waals surface area contributed by atoms with Crippen molar-refractivity contribution in [2.75, 3.05) is 0 Å². The zero-order chi connectivity index (χ0) is 12.1. The van der Waals surface area contributed by atoms with E-state index in [0.29, 0.717) is 18.4 Å². The molecule has 0 saturated heterocycles. The van der Waals surface area contributed by atoms with Crippen LogP contribution in [0.4, 0.5) is 4.39 Å². The van der Waals surface area contributed by atoms with E-state index < -0.39 is 5.82 Å². The third-order valence-corrected chi connectivity index (χ3v) is 2.57.